The minimum absolute atomic E-state index is 0.0809. The Labute approximate surface area is 187 Å². The van der Waals surface area contributed by atoms with E-state index >= 15 is 0 Å². The highest BCUT2D eigenvalue weighted by molar-refractivity contribution is 7.89. The number of piperidine rings is 1. The number of carbonyl (C=O) groups is 1. The summed E-state index contributed by atoms with van der Waals surface area (Å²) in [4.78, 5) is 11.8. The highest BCUT2D eigenvalue weighted by Crippen LogP contribution is 2.27. The summed E-state index contributed by atoms with van der Waals surface area (Å²) in [6.07, 6.45) is 1.56. The first-order valence-corrected chi connectivity index (χ1v) is 13.2. The Morgan fingerprint density at radius 2 is 1.62 bits per heavy atom. The quantitative estimate of drug-likeness (QED) is 0.651. The molecule has 2 N–H and O–H groups in total. The fourth-order valence-corrected chi connectivity index (χ4v) is 6.75. The molecule has 0 spiro atoms. The van der Waals surface area contributed by atoms with Gasteiger partial charge in [0.05, 0.1) is 16.9 Å². The molecule has 0 aromatic heterocycles. The summed E-state index contributed by atoms with van der Waals surface area (Å²) in [5.74, 6) is 0.490. The first-order valence-electron chi connectivity index (χ1n) is 10.3. The van der Waals surface area contributed by atoms with E-state index in [1.807, 2.05) is 0 Å². The number of nitrogens with zero attached hydrogens (tertiary/aromatic N) is 1. The molecule has 32 heavy (non-hydrogen) atoms. The maximum atomic E-state index is 12.9. The number of ether oxygens (including phenoxy) is 1. The molecule has 1 saturated heterocycles. The third kappa shape index (κ3) is 4.65. The van der Waals surface area contributed by atoms with E-state index in [-0.39, 0.29) is 34.8 Å². The number of benzene rings is 2. The highest BCUT2D eigenvalue weighted by atomic mass is 32.2. The molecule has 0 radical (unpaired) electrons. The molecule has 11 heteroatoms. The Morgan fingerprint density at radius 1 is 0.969 bits per heavy atom. The largest absolute Gasteiger partial charge is 0.497 e. The third-order valence-electron chi connectivity index (χ3n) is 5.76. The molecule has 2 aliphatic rings. The van der Waals surface area contributed by atoms with Crippen LogP contribution >= 0.6 is 0 Å². The second kappa shape index (κ2) is 8.81. The van der Waals surface area contributed by atoms with Crippen LogP contribution in [0.25, 0.3) is 0 Å². The Kier molecular flexibility index (Phi) is 6.26. The second-order valence-electron chi connectivity index (χ2n) is 7.84. The Bertz CT molecular complexity index is 1220. The Hall–Kier alpha value is -2.47. The number of rotatable bonds is 6. The van der Waals surface area contributed by atoms with Crippen molar-refractivity contribution in [1.29, 1.82) is 0 Å². The van der Waals surface area contributed by atoms with Crippen LogP contribution in [0.2, 0.25) is 0 Å². The van der Waals surface area contributed by atoms with Gasteiger partial charge in [-0.3, -0.25) is 4.79 Å². The average Bonchev–Trinajstić information content (AvgIpc) is 2.78. The molecule has 0 aliphatic carbocycles. The predicted octanol–water partition coefficient (Wildman–Crippen LogP) is 1.71. The van der Waals surface area contributed by atoms with E-state index in [2.05, 4.69) is 10.0 Å². The van der Waals surface area contributed by atoms with E-state index in [4.69, 9.17) is 4.74 Å². The van der Waals surface area contributed by atoms with Gasteiger partial charge in [0.1, 0.15) is 5.75 Å². The molecule has 9 nitrogen and oxygen atoms in total. The minimum atomic E-state index is -3.76. The van der Waals surface area contributed by atoms with Crippen molar-refractivity contribution in [3.8, 4) is 5.75 Å². The summed E-state index contributed by atoms with van der Waals surface area (Å²) in [7, 11) is -5.91. The molecule has 2 aromatic carbocycles. The Morgan fingerprint density at radius 3 is 2.28 bits per heavy atom. The molecule has 1 fully saturated rings. The fourth-order valence-electron chi connectivity index (χ4n) is 3.93. The van der Waals surface area contributed by atoms with Crippen LogP contribution in [-0.2, 0) is 31.3 Å². The van der Waals surface area contributed by atoms with Crippen LogP contribution in [0.3, 0.4) is 0 Å². The van der Waals surface area contributed by atoms with E-state index in [0.29, 0.717) is 37.1 Å². The second-order valence-corrected chi connectivity index (χ2v) is 11.5. The van der Waals surface area contributed by atoms with Gasteiger partial charge in [0.15, 0.2) is 0 Å². The lowest BCUT2D eigenvalue weighted by Crippen LogP contribution is -2.46. The molecule has 172 valence electrons. The molecule has 0 unspecified atom stereocenters. The van der Waals surface area contributed by atoms with Crippen molar-refractivity contribution < 1.29 is 26.4 Å². The summed E-state index contributed by atoms with van der Waals surface area (Å²) >= 11 is 0. The van der Waals surface area contributed by atoms with Gasteiger partial charge in [-0.25, -0.2) is 21.6 Å². The molecule has 2 aromatic rings. The number of carbonyl (C=O) groups excluding carboxylic acids is 1. The average molecular weight is 480 g/mol. The first-order chi connectivity index (χ1) is 15.2. The van der Waals surface area contributed by atoms with Crippen molar-refractivity contribution in [2.24, 2.45) is 0 Å². The van der Waals surface area contributed by atoms with Crippen LogP contribution in [0.4, 0.5) is 5.69 Å². The van der Waals surface area contributed by atoms with Gasteiger partial charge in [-0.05, 0) is 67.3 Å². The molecule has 2 heterocycles. The normalized spacial score (nSPS) is 18.1. The van der Waals surface area contributed by atoms with Gasteiger partial charge in [0.2, 0.25) is 26.0 Å². The third-order valence-corrected chi connectivity index (χ3v) is 9.19. The van der Waals surface area contributed by atoms with Crippen LogP contribution in [0.5, 0.6) is 5.75 Å². The van der Waals surface area contributed by atoms with Crippen LogP contribution in [-0.4, -0.2) is 53.3 Å². The van der Waals surface area contributed by atoms with Gasteiger partial charge in [-0.2, -0.15) is 4.31 Å². The summed E-state index contributed by atoms with van der Waals surface area (Å²) in [6.45, 7) is 0.440. The standard InChI is InChI=1S/C21H25N3O6S2/c1-30-17-3-5-18(6-4-17)32(28,29)24-12-10-16(11-13-24)23-31(26,27)19-7-8-20-15(14-19)2-9-21(25)22-20/h3-8,14,16,23H,2,9-13H2,1H3,(H,22,25). The molecule has 0 saturated carbocycles. The van der Waals surface area contributed by atoms with Gasteiger partial charge < -0.3 is 10.1 Å². The van der Waals surface area contributed by atoms with Crippen LogP contribution in [0.15, 0.2) is 52.3 Å². The zero-order chi connectivity index (χ0) is 22.9. The van der Waals surface area contributed by atoms with Gasteiger partial charge >= 0.3 is 0 Å². The number of methoxy groups -OCH3 is 1. The first kappa shape index (κ1) is 22.7. The molecular weight excluding hydrogens is 454 g/mol. The van der Waals surface area contributed by atoms with Crippen molar-refractivity contribution in [1.82, 2.24) is 9.03 Å². The number of nitrogens with one attached hydrogen (secondary N) is 2. The van der Waals surface area contributed by atoms with Crippen molar-refractivity contribution in [3.05, 3.63) is 48.0 Å². The lowest BCUT2D eigenvalue weighted by atomic mass is 10.0. The summed E-state index contributed by atoms with van der Waals surface area (Å²) in [5.41, 5.74) is 1.42. The topological polar surface area (TPSA) is 122 Å². The molecule has 2 aliphatic heterocycles. The number of hydrogen-bond acceptors (Lipinski definition) is 6. The van der Waals surface area contributed by atoms with Crippen molar-refractivity contribution in [3.63, 3.8) is 0 Å². The summed E-state index contributed by atoms with van der Waals surface area (Å²) in [5, 5.41) is 2.74. The minimum Gasteiger partial charge on any atom is -0.497 e. The molecular formula is C21H25N3O6S2. The molecule has 1 amide bonds. The summed E-state index contributed by atoms with van der Waals surface area (Å²) in [6, 6.07) is 10.5. The van der Waals surface area contributed by atoms with Crippen LogP contribution in [0, 0.1) is 0 Å². The van der Waals surface area contributed by atoms with E-state index in [0.717, 1.165) is 5.56 Å². The van der Waals surface area contributed by atoms with Gasteiger partial charge in [0.25, 0.3) is 0 Å². The zero-order valence-corrected chi connectivity index (χ0v) is 19.2. The zero-order valence-electron chi connectivity index (χ0n) is 17.6. The smallest absolute Gasteiger partial charge is 0.243 e. The van der Waals surface area contributed by atoms with E-state index in [9.17, 15) is 21.6 Å². The Balaban J connectivity index is 1.40. The SMILES string of the molecule is COc1ccc(S(=O)(=O)N2CCC(NS(=O)(=O)c3ccc4c(c3)CCC(=O)N4)CC2)cc1. The number of aryl methyl sites for hydroxylation is 1. The van der Waals surface area contributed by atoms with Gasteiger partial charge in [-0.1, -0.05) is 0 Å². The number of amides is 1. The maximum Gasteiger partial charge on any atom is 0.243 e. The number of sulfonamides is 2. The lowest BCUT2D eigenvalue weighted by molar-refractivity contribution is -0.116. The summed E-state index contributed by atoms with van der Waals surface area (Å²) < 4.78 is 60.6. The number of anilines is 1. The van der Waals surface area contributed by atoms with E-state index < -0.39 is 20.0 Å². The monoisotopic (exact) mass is 479 g/mol. The van der Waals surface area contributed by atoms with Gasteiger partial charge in [-0.15, -0.1) is 0 Å². The lowest BCUT2D eigenvalue weighted by Gasteiger charge is -2.31. The van der Waals surface area contributed by atoms with Crippen molar-refractivity contribution in [2.75, 3.05) is 25.5 Å². The maximum absolute atomic E-state index is 12.9. The van der Waals surface area contributed by atoms with Crippen LogP contribution < -0.4 is 14.8 Å². The molecule has 0 atom stereocenters. The van der Waals surface area contributed by atoms with E-state index in [1.54, 1.807) is 24.3 Å². The van der Waals surface area contributed by atoms with Crippen molar-refractivity contribution >= 4 is 31.6 Å². The molecule has 0 bridgehead atoms. The predicted molar refractivity (Wildman–Crippen MR) is 118 cm³/mol. The molecule has 4 rings (SSSR count). The van der Waals surface area contributed by atoms with Gasteiger partial charge in [0, 0.05) is 31.2 Å². The van der Waals surface area contributed by atoms with Crippen molar-refractivity contribution in [2.45, 2.75) is 41.5 Å². The number of hydrogen-bond donors (Lipinski definition) is 2. The number of fused-ring (bicyclic) bond motifs is 1. The highest BCUT2D eigenvalue weighted by Gasteiger charge is 2.31. The van der Waals surface area contributed by atoms with E-state index in [1.165, 1.54) is 29.6 Å². The van der Waals surface area contributed by atoms with Crippen LogP contribution in [0.1, 0.15) is 24.8 Å². The fraction of sp³-hybridized carbons (Fsp3) is 0.381.